The Labute approximate surface area is 107 Å². The molecule has 0 radical (unpaired) electrons. The molecule has 5 nitrogen and oxygen atoms in total. The molecule has 0 saturated heterocycles. The van der Waals surface area contributed by atoms with E-state index in [0.29, 0.717) is 28.3 Å². The van der Waals surface area contributed by atoms with Gasteiger partial charge >= 0.3 is 0 Å². The van der Waals surface area contributed by atoms with Crippen molar-refractivity contribution in [3.05, 3.63) is 41.1 Å². The second kappa shape index (κ2) is 4.27. The van der Waals surface area contributed by atoms with Crippen molar-refractivity contribution in [3.8, 4) is 23.0 Å². The van der Waals surface area contributed by atoms with E-state index < -0.39 is 0 Å². The summed E-state index contributed by atoms with van der Waals surface area (Å²) < 4.78 is 10.5. The molecular weight excluding hydrogens is 254 g/mol. The second-order valence-electron chi connectivity index (χ2n) is 3.74. The minimum absolute atomic E-state index is 0.330. The molecule has 0 spiro atoms. The third-order valence-electron chi connectivity index (χ3n) is 2.36. The number of hydrogen-bond donors (Lipinski definition) is 0. The molecule has 0 aliphatic carbocycles. The normalized spacial score (nSPS) is 10.8. The summed E-state index contributed by atoms with van der Waals surface area (Å²) in [7, 11) is 0. The fourth-order valence-corrected chi connectivity index (χ4v) is 1.63. The van der Waals surface area contributed by atoms with Crippen LogP contribution in [0.25, 0.3) is 23.0 Å². The van der Waals surface area contributed by atoms with Gasteiger partial charge in [0, 0.05) is 16.7 Å². The number of aryl methyl sites for hydroxylation is 1. The number of hydrogen-bond acceptors (Lipinski definition) is 5. The van der Waals surface area contributed by atoms with Crippen molar-refractivity contribution < 1.29 is 8.94 Å². The lowest BCUT2D eigenvalue weighted by molar-refractivity contribution is 0.397. The molecule has 0 saturated carbocycles. The first-order valence-electron chi connectivity index (χ1n) is 5.25. The molecule has 0 amide bonds. The molecule has 90 valence electrons. The van der Waals surface area contributed by atoms with Gasteiger partial charge in [0.05, 0.1) is 0 Å². The van der Waals surface area contributed by atoms with Crippen LogP contribution in [-0.2, 0) is 0 Å². The fourth-order valence-electron chi connectivity index (χ4n) is 1.50. The number of nitrogens with zero attached hydrogens (tertiary/aromatic N) is 3. The molecule has 0 fully saturated rings. The zero-order chi connectivity index (χ0) is 12.5. The van der Waals surface area contributed by atoms with E-state index in [1.807, 2.05) is 12.1 Å². The molecule has 0 aliphatic heterocycles. The second-order valence-corrected chi connectivity index (χ2v) is 4.18. The predicted octanol–water partition coefficient (Wildman–Crippen LogP) is 3.35. The summed E-state index contributed by atoms with van der Waals surface area (Å²) in [6.07, 6.45) is 0. The van der Waals surface area contributed by atoms with Crippen molar-refractivity contribution in [2.45, 2.75) is 6.92 Å². The summed E-state index contributed by atoms with van der Waals surface area (Å²) in [5, 5.41) is 12.4. The van der Waals surface area contributed by atoms with Crippen LogP contribution in [0.4, 0.5) is 0 Å². The average Bonchev–Trinajstić information content (AvgIpc) is 2.98. The molecular formula is C12H8ClN3O2. The van der Waals surface area contributed by atoms with Crippen LogP contribution in [0.2, 0.25) is 5.02 Å². The van der Waals surface area contributed by atoms with Crippen molar-refractivity contribution in [1.29, 1.82) is 0 Å². The van der Waals surface area contributed by atoms with Gasteiger partial charge in [-0.05, 0) is 31.2 Å². The Kier molecular flexibility index (Phi) is 2.60. The number of halogens is 1. The molecule has 0 atom stereocenters. The number of rotatable bonds is 2. The maximum Gasteiger partial charge on any atom is 0.270 e. The van der Waals surface area contributed by atoms with Crippen molar-refractivity contribution in [1.82, 2.24) is 15.4 Å². The predicted molar refractivity (Wildman–Crippen MR) is 65.0 cm³/mol. The summed E-state index contributed by atoms with van der Waals surface area (Å²) >= 11 is 5.81. The average molecular weight is 262 g/mol. The molecule has 0 bridgehead atoms. The lowest BCUT2D eigenvalue weighted by atomic mass is 10.2. The first kappa shape index (κ1) is 11.0. The van der Waals surface area contributed by atoms with Crippen molar-refractivity contribution in [3.63, 3.8) is 0 Å². The third-order valence-corrected chi connectivity index (χ3v) is 2.62. The van der Waals surface area contributed by atoms with Gasteiger partial charge in [0.1, 0.15) is 5.76 Å². The van der Waals surface area contributed by atoms with Crippen LogP contribution in [0.1, 0.15) is 5.76 Å². The van der Waals surface area contributed by atoms with E-state index in [0.717, 1.165) is 5.56 Å². The number of aromatic nitrogens is 3. The zero-order valence-corrected chi connectivity index (χ0v) is 10.2. The Morgan fingerprint density at radius 2 is 1.78 bits per heavy atom. The van der Waals surface area contributed by atoms with Crippen LogP contribution in [0, 0.1) is 6.92 Å². The Bertz CT molecular complexity index is 673. The molecule has 18 heavy (non-hydrogen) atoms. The van der Waals surface area contributed by atoms with Crippen LogP contribution in [0.5, 0.6) is 0 Å². The molecule has 3 rings (SSSR count). The van der Waals surface area contributed by atoms with Crippen molar-refractivity contribution in [2.75, 3.05) is 0 Å². The summed E-state index contributed by atoms with van der Waals surface area (Å²) in [6, 6.07) is 8.89. The fraction of sp³-hybridized carbons (Fsp3) is 0.0833. The van der Waals surface area contributed by atoms with Crippen molar-refractivity contribution >= 4 is 11.6 Å². The maximum atomic E-state index is 5.81. The summed E-state index contributed by atoms with van der Waals surface area (Å²) in [4.78, 5) is 0. The van der Waals surface area contributed by atoms with E-state index in [9.17, 15) is 0 Å². The molecule has 1 aromatic carbocycles. The molecule has 2 heterocycles. The standard InChI is InChI=1S/C12H8ClN3O2/c1-7-6-10(16-18-7)12-15-14-11(17-12)8-2-4-9(13)5-3-8/h2-6H,1H3. The van der Waals surface area contributed by atoms with Crippen LogP contribution in [0.3, 0.4) is 0 Å². The van der Waals surface area contributed by atoms with E-state index in [2.05, 4.69) is 15.4 Å². The molecule has 0 N–H and O–H groups in total. The highest BCUT2D eigenvalue weighted by atomic mass is 35.5. The Morgan fingerprint density at radius 1 is 1.06 bits per heavy atom. The largest absolute Gasteiger partial charge is 0.414 e. The molecule has 0 aliphatic rings. The quantitative estimate of drug-likeness (QED) is 0.708. The molecule has 0 unspecified atom stereocenters. The van der Waals surface area contributed by atoms with Crippen LogP contribution in [-0.4, -0.2) is 15.4 Å². The molecule has 2 aromatic heterocycles. The lowest BCUT2D eigenvalue weighted by Crippen LogP contribution is -1.76. The topological polar surface area (TPSA) is 65.0 Å². The van der Waals surface area contributed by atoms with Crippen LogP contribution < -0.4 is 0 Å². The highest BCUT2D eigenvalue weighted by molar-refractivity contribution is 6.30. The van der Waals surface area contributed by atoms with Gasteiger partial charge in [0.2, 0.25) is 5.89 Å². The highest BCUT2D eigenvalue weighted by Crippen LogP contribution is 2.24. The Morgan fingerprint density at radius 3 is 2.44 bits per heavy atom. The van der Waals surface area contributed by atoms with Gasteiger partial charge in [-0.1, -0.05) is 16.8 Å². The van der Waals surface area contributed by atoms with Gasteiger partial charge in [0.25, 0.3) is 5.89 Å². The minimum atomic E-state index is 0.330. The highest BCUT2D eigenvalue weighted by Gasteiger charge is 2.13. The zero-order valence-electron chi connectivity index (χ0n) is 9.42. The van der Waals surface area contributed by atoms with Crippen LogP contribution in [0.15, 0.2) is 39.3 Å². The minimum Gasteiger partial charge on any atom is -0.414 e. The first-order chi connectivity index (χ1) is 8.72. The monoisotopic (exact) mass is 261 g/mol. The van der Waals surface area contributed by atoms with E-state index in [4.69, 9.17) is 20.5 Å². The maximum absolute atomic E-state index is 5.81. The van der Waals surface area contributed by atoms with E-state index in [1.165, 1.54) is 0 Å². The van der Waals surface area contributed by atoms with Gasteiger partial charge < -0.3 is 8.94 Å². The first-order valence-corrected chi connectivity index (χ1v) is 5.63. The van der Waals surface area contributed by atoms with Gasteiger partial charge in [0.15, 0.2) is 5.69 Å². The van der Waals surface area contributed by atoms with Gasteiger partial charge in [-0.3, -0.25) is 0 Å². The van der Waals surface area contributed by atoms with Gasteiger partial charge in [-0.15, -0.1) is 10.2 Å². The summed E-state index contributed by atoms with van der Waals surface area (Å²) in [5.41, 5.74) is 1.33. The third kappa shape index (κ3) is 2.00. The Balaban J connectivity index is 1.96. The summed E-state index contributed by atoms with van der Waals surface area (Å²) in [5.74, 6) is 1.44. The van der Waals surface area contributed by atoms with Crippen molar-refractivity contribution in [2.24, 2.45) is 0 Å². The van der Waals surface area contributed by atoms with E-state index >= 15 is 0 Å². The van der Waals surface area contributed by atoms with E-state index in [1.54, 1.807) is 25.1 Å². The lowest BCUT2D eigenvalue weighted by Gasteiger charge is -1.93. The van der Waals surface area contributed by atoms with E-state index in [-0.39, 0.29) is 0 Å². The Hall–Kier alpha value is -2.14. The summed E-state index contributed by atoms with van der Waals surface area (Å²) in [6.45, 7) is 1.80. The molecule has 6 heteroatoms. The smallest absolute Gasteiger partial charge is 0.270 e. The van der Waals surface area contributed by atoms with Crippen LogP contribution >= 0.6 is 11.6 Å². The number of benzene rings is 1. The molecule has 3 aromatic rings. The SMILES string of the molecule is Cc1cc(-c2nnc(-c3ccc(Cl)cc3)o2)no1. The van der Waals surface area contributed by atoms with Gasteiger partial charge in [-0.2, -0.15) is 0 Å². The van der Waals surface area contributed by atoms with Gasteiger partial charge in [-0.25, -0.2) is 0 Å².